The quantitative estimate of drug-likeness (QED) is 0.843. The van der Waals surface area contributed by atoms with Gasteiger partial charge in [-0.25, -0.2) is 4.79 Å². The highest BCUT2D eigenvalue weighted by Gasteiger charge is 2.16. The van der Waals surface area contributed by atoms with Crippen LogP contribution in [0.3, 0.4) is 0 Å². The van der Waals surface area contributed by atoms with Gasteiger partial charge in [0.1, 0.15) is 0 Å². The zero-order valence-corrected chi connectivity index (χ0v) is 11.3. The molecule has 4 heteroatoms. The molecule has 0 saturated carbocycles. The zero-order valence-electron chi connectivity index (χ0n) is 11.3. The van der Waals surface area contributed by atoms with Crippen molar-refractivity contribution in [3.8, 4) is 0 Å². The number of methoxy groups -OCH3 is 1. The fraction of sp³-hybridized carbons (Fsp3) is 0.400. The van der Waals surface area contributed by atoms with E-state index in [2.05, 4.69) is 11.4 Å². The number of hydrogen-bond acceptors (Lipinski definition) is 2. The highest BCUT2D eigenvalue weighted by molar-refractivity contribution is 5.74. The smallest absolute Gasteiger partial charge is 0.317 e. The lowest BCUT2D eigenvalue weighted by molar-refractivity contribution is 0.193. The van der Waals surface area contributed by atoms with Crippen LogP contribution in [0.5, 0.6) is 0 Å². The summed E-state index contributed by atoms with van der Waals surface area (Å²) >= 11 is 0. The van der Waals surface area contributed by atoms with Crippen LogP contribution >= 0.6 is 0 Å². The fourth-order valence-corrected chi connectivity index (χ4v) is 2.10. The van der Waals surface area contributed by atoms with Crippen molar-refractivity contribution < 1.29 is 9.53 Å². The van der Waals surface area contributed by atoms with Gasteiger partial charge in [-0.05, 0) is 17.6 Å². The molecule has 0 fully saturated rings. The molecule has 1 aromatic carbocycles. The summed E-state index contributed by atoms with van der Waals surface area (Å²) < 4.78 is 5.09. The molecule has 0 bridgehead atoms. The number of amides is 2. The molecule has 2 amide bonds. The van der Waals surface area contributed by atoms with Gasteiger partial charge < -0.3 is 15.0 Å². The summed E-state index contributed by atoms with van der Waals surface area (Å²) in [4.78, 5) is 13.8. The highest BCUT2D eigenvalue weighted by atomic mass is 16.5. The minimum atomic E-state index is -0.00318. The summed E-state index contributed by atoms with van der Waals surface area (Å²) in [5, 5.41) is 2.94. The van der Waals surface area contributed by atoms with E-state index in [1.807, 2.05) is 35.2 Å². The van der Waals surface area contributed by atoms with E-state index in [0.29, 0.717) is 19.7 Å². The Morgan fingerprint density at radius 1 is 1.37 bits per heavy atom. The Morgan fingerprint density at radius 3 is 2.79 bits per heavy atom. The Labute approximate surface area is 114 Å². The maximum Gasteiger partial charge on any atom is 0.317 e. The number of carbonyl (C=O) groups excluding carboxylic acids is 1. The van der Waals surface area contributed by atoms with E-state index < -0.39 is 0 Å². The Hall–Kier alpha value is -1.81. The van der Waals surface area contributed by atoms with Crippen molar-refractivity contribution in [1.29, 1.82) is 0 Å². The zero-order chi connectivity index (χ0) is 13.5. The third kappa shape index (κ3) is 4.10. The molecular formula is C15H20N2O2. The summed E-state index contributed by atoms with van der Waals surface area (Å²) in [7, 11) is 1.69. The van der Waals surface area contributed by atoms with Crippen LogP contribution in [0.15, 0.2) is 42.0 Å². The van der Waals surface area contributed by atoms with Gasteiger partial charge in [0.25, 0.3) is 0 Å². The largest absolute Gasteiger partial charge is 0.380 e. The van der Waals surface area contributed by atoms with E-state index in [-0.39, 0.29) is 6.03 Å². The molecule has 102 valence electrons. The summed E-state index contributed by atoms with van der Waals surface area (Å²) in [6.07, 6.45) is 2.97. The first kappa shape index (κ1) is 13.6. The molecule has 4 nitrogen and oxygen atoms in total. The number of nitrogens with zero attached hydrogens (tertiary/aromatic N) is 1. The van der Waals surface area contributed by atoms with Gasteiger partial charge >= 0.3 is 6.03 Å². The predicted molar refractivity (Wildman–Crippen MR) is 74.8 cm³/mol. The second-order valence-corrected chi connectivity index (χ2v) is 4.64. The van der Waals surface area contributed by atoms with Crippen LogP contribution in [0.4, 0.5) is 4.79 Å². The molecule has 0 aromatic heterocycles. The standard InChI is InChI=1S/C15H20N2O2/c1-19-12-14-7-9-17(10-8-14)15(18)16-11-13-5-3-2-4-6-13/h2-7H,8-12H2,1H3,(H,16,18). The third-order valence-corrected chi connectivity index (χ3v) is 3.21. The Balaban J connectivity index is 1.79. The first-order valence-corrected chi connectivity index (χ1v) is 6.53. The Bertz CT molecular complexity index is 443. The second-order valence-electron chi connectivity index (χ2n) is 4.64. The average Bonchev–Trinajstić information content (AvgIpc) is 2.47. The molecule has 19 heavy (non-hydrogen) atoms. The van der Waals surface area contributed by atoms with Gasteiger partial charge in [0, 0.05) is 26.7 Å². The molecule has 0 aliphatic carbocycles. The first-order chi connectivity index (χ1) is 9.29. The van der Waals surface area contributed by atoms with E-state index in [1.54, 1.807) is 7.11 Å². The molecule has 0 radical (unpaired) electrons. The average molecular weight is 260 g/mol. The van der Waals surface area contributed by atoms with E-state index in [4.69, 9.17) is 4.74 Å². The van der Waals surface area contributed by atoms with Crippen molar-refractivity contribution in [3.63, 3.8) is 0 Å². The molecule has 0 atom stereocenters. The summed E-state index contributed by atoms with van der Waals surface area (Å²) in [5.74, 6) is 0. The van der Waals surface area contributed by atoms with Crippen molar-refractivity contribution in [2.75, 3.05) is 26.8 Å². The maximum atomic E-state index is 12.0. The van der Waals surface area contributed by atoms with Crippen molar-refractivity contribution in [2.24, 2.45) is 0 Å². The van der Waals surface area contributed by atoms with Gasteiger partial charge in [0.15, 0.2) is 0 Å². The van der Waals surface area contributed by atoms with E-state index in [0.717, 1.165) is 18.5 Å². The van der Waals surface area contributed by atoms with Crippen LogP contribution in [0.25, 0.3) is 0 Å². The van der Waals surface area contributed by atoms with Crippen LogP contribution < -0.4 is 5.32 Å². The van der Waals surface area contributed by atoms with Crippen molar-refractivity contribution in [1.82, 2.24) is 10.2 Å². The fourth-order valence-electron chi connectivity index (χ4n) is 2.10. The van der Waals surface area contributed by atoms with E-state index >= 15 is 0 Å². The summed E-state index contributed by atoms with van der Waals surface area (Å²) in [5.41, 5.74) is 2.39. The van der Waals surface area contributed by atoms with Crippen molar-refractivity contribution >= 4 is 6.03 Å². The highest BCUT2D eigenvalue weighted by Crippen LogP contribution is 2.11. The minimum absolute atomic E-state index is 0.00318. The molecule has 0 saturated heterocycles. The monoisotopic (exact) mass is 260 g/mol. The minimum Gasteiger partial charge on any atom is -0.380 e. The van der Waals surface area contributed by atoms with E-state index in [9.17, 15) is 4.79 Å². The van der Waals surface area contributed by atoms with Gasteiger partial charge in [0.05, 0.1) is 6.61 Å². The lowest BCUT2D eigenvalue weighted by atomic mass is 10.1. The SMILES string of the molecule is COCC1=CCN(C(=O)NCc2ccccc2)CC1. The lowest BCUT2D eigenvalue weighted by Crippen LogP contribution is -2.42. The van der Waals surface area contributed by atoms with Gasteiger partial charge in [-0.3, -0.25) is 0 Å². The lowest BCUT2D eigenvalue weighted by Gasteiger charge is -2.26. The molecule has 1 N–H and O–H groups in total. The molecule has 1 heterocycles. The topological polar surface area (TPSA) is 41.6 Å². The number of ether oxygens (including phenoxy) is 1. The number of carbonyl (C=O) groups is 1. The number of rotatable bonds is 4. The van der Waals surface area contributed by atoms with Gasteiger partial charge in [-0.1, -0.05) is 36.4 Å². The predicted octanol–water partition coefficient (Wildman–Crippen LogP) is 2.17. The van der Waals surface area contributed by atoms with E-state index in [1.165, 1.54) is 5.57 Å². The number of benzene rings is 1. The third-order valence-electron chi connectivity index (χ3n) is 3.21. The maximum absolute atomic E-state index is 12.0. The van der Waals surface area contributed by atoms with Crippen molar-refractivity contribution in [3.05, 3.63) is 47.5 Å². The number of urea groups is 1. The molecular weight excluding hydrogens is 240 g/mol. The molecule has 1 aliphatic rings. The second kappa shape index (κ2) is 6.95. The van der Waals surface area contributed by atoms with Crippen LogP contribution in [-0.4, -0.2) is 37.7 Å². The first-order valence-electron chi connectivity index (χ1n) is 6.53. The summed E-state index contributed by atoms with van der Waals surface area (Å²) in [6.45, 7) is 2.67. The van der Waals surface area contributed by atoms with Crippen molar-refractivity contribution in [2.45, 2.75) is 13.0 Å². The van der Waals surface area contributed by atoms with Crippen LogP contribution in [0.2, 0.25) is 0 Å². The van der Waals surface area contributed by atoms with Gasteiger partial charge in [0.2, 0.25) is 0 Å². The molecule has 1 aromatic rings. The number of nitrogens with one attached hydrogen (secondary N) is 1. The normalized spacial score (nSPS) is 15.0. The molecule has 0 unspecified atom stereocenters. The summed E-state index contributed by atoms with van der Waals surface area (Å²) in [6, 6.07) is 9.93. The molecule has 2 rings (SSSR count). The Morgan fingerprint density at radius 2 is 2.16 bits per heavy atom. The molecule has 0 spiro atoms. The number of hydrogen-bond donors (Lipinski definition) is 1. The van der Waals surface area contributed by atoms with Crippen LogP contribution in [0, 0.1) is 0 Å². The van der Waals surface area contributed by atoms with Gasteiger partial charge in [-0.2, -0.15) is 0 Å². The Kier molecular flexibility index (Phi) is 4.98. The van der Waals surface area contributed by atoms with Gasteiger partial charge in [-0.15, -0.1) is 0 Å². The molecule has 1 aliphatic heterocycles. The van der Waals surface area contributed by atoms with Crippen LogP contribution in [-0.2, 0) is 11.3 Å². The van der Waals surface area contributed by atoms with Crippen LogP contribution in [0.1, 0.15) is 12.0 Å².